The Hall–Kier alpha value is -2.66. The number of rotatable bonds is 7. The molecule has 3 rings (SSSR count). The molecule has 1 amide bonds. The Balaban J connectivity index is 1.43. The molecule has 0 bridgehead atoms. The molecule has 130 valence electrons. The van der Waals surface area contributed by atoms with Crippen LogP contribution in [0.5, 0.6) is 0 Å². The van der Waals surface area contributed by atoms with E-state index in [0.717, 1.165) is 17.5 Å². The number of nitrogens with one attached hydrogen (secondary N) is 3. The van der Waals surface area contributed by atoms with Crippen molar-refractivity contribution in [3.05, 3.63) is 71.7 Å². The lowest BCUT2D eigenvalue weighted by molar-refractivity contribution is -0.120. The van der Waals surface area contributed by atoms with Crippen LogP contribution in [0.15, 0.2) is 54.7 Å². The normalized spacial score (nSPS) is 12.2. The maximum Gasteiger partial charge on any atom is 0.233 e. The van der Waals surface area contributed by atoms with Gasteiger partial charge >= 0.3 is 0 Å². The van der Waals surface area contributed by atoms with Gasteiger partial charge in [0.05, 0.1) is 6.54 Å². The van der Waals surface area contributed by atoms with Crippen LogP contribution < -0.4 is 10.6 Å². The van der Waals surface area contributed by atoms with Crippen molar-refractivity contribution in [3.63, 3.8) is 0 Å². The Morgan fingerprint density at radius 3 is 2.72 bits per heavy atom. The summed E-state index contributed by atoms with van der Waals surface area (Å²) in [6.07, 6.45) is 2.77. The highest BCUT2D eigenvalue weighted by atomic mass is 19.1. The van der Waals surface area contributed by atoms with Crippen molar-refractivity contribution in [1.82, 2.24) is 15.6 Å². The van der Waals surface area contributed by atoms with Crippen LogP contribution in [0, 0.1) is 5.82 Å². The van der Waals surface area contributed by atoms with Crippen molar-refractivity contribution in [2.24, 2.45) is 0 Å². The molecule has 0 aliphatic carbocycles. The maximum atomic E-state index is 12.9. The second kappa shape index (κ2) is 7.94. The lowest BCUT2D eigenvalue weighted by Gasteiger charge is -2.14. The standard InChI is InChI=1S/C20H22FN3O/c1-14(15-6-8-17(21)9-7-15)23-13-20(25)22-11-10-16-12-24-19-5-3-2-4-18(16)19/h2-9,12,14,23-24H,10-11,13H2,1H3,(H,22,25)/t14-/m0/s1. The summed E-state index contributed by atoms with van der Waals surface area (Å²) in [5, 5.41) is 7.27. The summed E-state index contributed by atoms with van der Waals surface area (Å²) in [7, 11) is 0. The van der Waals surface area contributed by atoms with Crippen LogP contribution in [-0.2, 0) is 11.2 Å². The first kappa shape index (κ1) is 17.2. The third-order valence-electron chi connectivity index (χ3n) is 4.33. The molecule has 3 N–H and O–H groups in total. The second-order valence-electron chi connectivity index (χ2n) is 6.11. The molecule has 1 atom stereocenters. The fourth-order valence-electron chi connectivity index (χ4n) is 2.85. The molecule has 1 aromatic heterocycles. The third-order valence-corrected chi connectivity index (χ3v) is 4.33. The van der Waals surface area contributed by atoms with Gasteiger partial charge in [0, 0.05) is 29.7 Å². The van der Waals surface area contributed by atoms with E-state index in [0.29, 0.717) is 6.54 Å². The predicted octanol–water partition coefficient (Wildman–Crippen LogP) is 3.32. The zero-order valence-corrected chi connectivity index (χ0v) is 14.2. The number of fused-ring (bicyclic) bond motifs is 1. The summed E-state index contributed by atoms with van der Waals surface area (Å²) < 4.78 is 12.9. The highest BCUT2D eigenvalue weighted by Crippen LogP contribution is 2.17. The van der Waals surface area contributed by atoms with Crippen LogP contribution in [0.4, 0.5) is 4.39 Å². The molecule has 0 radical (unpaired) electrons. The molecule has 2 aromatic carbocycles. The van der Waals surface area contributed by atoms with Crippen molar-refractivity contribution < 1.29 is 9.18 Å². The summed E-state index contributed by atoms with van der Waals surface area (Å²) in [5.41, 5.74) is 3.26. The van der Waals surface area contributed by atoms with Gasteiger partial charge in [0.1, 0.15) is 5.82 Å². The molecule has 0 spiro atoms. The number of para-hydroxylation sites is 1. The summed E-state index contributed by atoms with van der Waals surface area (Å²) in [6, 6.07) is 14.4. The molecule has 0 unspecified atom stereocenters. The minimum atomic E-state index is -0.258. The molecule has 0 saturated heterocycles. The molecule has 5 heteroatoms. The van der Waals surface area contributed by atoms with E-state index in [-0.39, 0.29) is 24.3 Å². The first-order valence-electron chi connectivity index (χ1n) is 8.44. The second-order valence-corrected chi connectivity index (χ2v) is 6.11. The number of hydrogen-bond donors (Lipinski definition) is 3. The van der Waals surface area contributed by atoms with E-state index in [1.807, 2.05) is 31.3 Å². The summed E-state index contributed by atoms with van der Waals surface area (Å²) >= 11 is 0. The average molecular weight is 339 g/mol. The zero-order valence-electron chi connectivity index (χ0n) is 14.2. The fourth-order valence-corrected chi connectivity index (χ4v) is 2.85. The van der Waals surface area contributed by atoms with Crippen molar-refractivity contribution in [2.75, 3.05) is 13.1 Å². The van der Waals surface area contributed by atoms with Crippen LogP contribution in [-0.4, -0.2) is 24.0 Å². The Bertz CT molecular complexity index is 842. The molecular formula is C20H22FN3O. The summed E-state index contributed by atoms with van der Waals surface area (Å²) in [5.74, 6) is -0.306. The monoisotopic (exact) mass is 339 g/mol. The van der Waals surface area contributed by atoms with Crippen molar-refractivity contribution in [1.29, 1.82) is 0 Å². The van der Waals surface area contributed by atoms with Gasteiger partial charge in [0.15, 0.2) is 0 Å². The number of benzene rings is 2. The Morgan fingerprint density at radius 2 is 1.92 bits per heavy atom. The lowest BCUT2D eigenvalue weighted by atomic mass is 10.1. The van der Waals surface area contributed by atoms with Gasteiger partial charge in [0.2, 0.25) is 5.91 Å². The Labute approximate surface area is 146 Å². The van der Waals surface area contributed by atoms with Gasteiger partial charge in [-0.1, -0.05) is 30.3 Å². The topological polar surface area (TPSA) is 56.9 Å². The van der Waals surface area contributed by atoms with E-state index in [2.05, 4.69) is 21.7 Å². The molecule has 25 heavy (non-hydrogen) atoms. The quantitative estimate of drug-likeness (QED) is 0.618. The number of halogens is 1. The van der Waals surface area contributed by atoms with Gasteiger partial charge in [-0.15, -0.1) is 0 Å². The number of H-pyrrole nitrogens is 1. The van der Waals surface area contributed by atoms with E-state index < -0.39 is 0 Å². The average Bonchev–Trinajstić information content (AvgIpc) is 3.04. The lowest BCUT2D eigenvalue weighted by Crippen LogP contribution is -2.36. The van der Waals surface area contributed by atoms with E-state index >= 15 is 0 Å². The van der Waals surface area contributed by atoms with Crippen LogP contribution in [0.2, 0.25) is 0 Å². The molecule has 1 heterocycles. The van der Waals surface area contributed by atoms with E-state index in [1.54, 1.807) is 12.1 Å². The third kappa shape index (κ3) is 4.45. The van der Waals surface area contributed by atoms with E-state index in [9.17, 15) is 9.18 Å². The molecule has 0 saturated carbocycles. The maximum absolute atomic E-state index is 12.9. The number of hydrogen-bond acceptors (Lipinski definition) is 2. The largest absolute Gasteiger partial charge is 0.361 e. The van der Waals surface area contributed by atoms with Crippen molar-refractivity contribution in [2.45, 2.75) is 19.4 Å². The highest BCUT2D eigenvalue weighted by Gasteiger charge is 2.08. The number of carbonyl (C=O) groups excluding carboxylic acids is 1. The predicted molar refractivity (Wildman–Crippen MR) is 97.8 cm³/mol. The number of carbonyl (C=O) groups is 1. The minimum absolute atomic E-state index is 0.0139. The first-order chi connectivity index (χ1) is 12.1. The fraction of sp³-hybridized carbons (Fsp3) is 0.250. The number of aromatic nitrogens is 1. The minimum Gasteiger partial charge on any atom is -0.361 e. The van der Waals surface area contributed by atoms with Gasteiger partial charge in [-0.2, -0.15) is 0 Å². The molecule has 4 nitrogen and oxygen atoms in total. The van der Waals surface area contributed by atoms with Gasteiger partial charge in [-0.25, -0.2) is 4.39 Å². The summed E-state index contributed by atoms with van der Waals surface area (Å²) in [4.78, 5) is 15.2. The molecule has 0 aliphatic heterocycles. The van der Waals surface area contributed by atoms with Crippen molar-refractivity contribution in [3.8, 4) is 0 Å². The number of aromatic amines is 1. The number of amides is 1. The van der Waals surface area contributed by atoms with Gasteiger partial charge in [0.25, 0.3) is 0 Å². The van der Waals surface area contributed by atoms with Crippen LogP contribution in [0.1, 0.15) is 24.1 Å². The molecule has 3 aromatic rings. The smallest absolute Gasteiger partial charge is 0.233 e. The van der Waals surface area contributed by atoms with E-state index in [4.69, 9.17) is 0 Å². The van der Waals surface area contributed by atoms with Crippen LogP contribution in [0.25, 0.3) is 10.9 Å². The molecule has 0 aliphatic rings. The Morgan fingerprint density at radius 1 is 1.16 bits per heavy atom. The molecular weight excluding hydrogens is 317 g/mol. The highest BCUT2D eigenvalue weighted by molar-refractivity contribution is 5.83. The summed E-state index contributed by atoms with van der Waals surface area (Å²) in [6.45, 7) is 2.77. The first-order valence-corrected chi connectivity index (χ1v) is 8.44. The SMILES string of the molecule is C[C@H](NCC(=O)NCCc1c[nH]c2ccccc12)c1ccc(F)cc1. The van der Waals surface area contributed by atoms with Gasteiger partial charge in [-0.3, -0.25) is 4.79 Å². The van der Waals surface area contributed by atoms with Crippen LogP contribution in [0.3, 0.4) is 0 Å². The Kier molecular flexibility index (Phi) is 5.46. The van der Waals surface area contributed by atoms with Crippen LogP contribution >= 0.6 is 0 Å². The van der Waals surface area contributed by atoms with E-state index in [1.165, 1.54) is 23.1 Å². The molecule has 0 fully saturated rings. The van der Waals surface area contributed by atoms with Crippen molar-refractivity contribution >= 4 is 16.8 Å². The van der Waals surface area contributed by atoms with Gasteiger partial charge in [-0.05, 0) is 42.7 Å². The van der Waals surface area contributed by atoms with Gasteiger partial charge < -0.3 is 15.6 Å². The zero-order chi connectivity index (χ0) is 17.6.